The lowest BCUT2D eigenvalue weighted by atomic mass is 10.2. The SMILES string of the molecule is CSc1ccc2c(c1)N(CCCS(=O)(=O)O)/C(=C/c1oc3ccc(SC)cc3[n+]1CCCS(=O)(=O)O)O2. The summed E-state index contributed by atoms with van der Waals surface area (Å²) < 4.78 is 77.6. The molecule has 4 rings (SSSR count). The largest absolute Gasteiger partial charge is 0.438 e. The summed E-state index contributed by atoms with van der Waals surface area (Å²) in [5.41, 5.74) is 2.11. The van der Waals surface area contributed by atoms with Crippen LogP contribution in [0.1, 0.15) is 18.7 Å². The Kier molecular flexibility index (Phi) is 8.45. The van der Waals surface area contributed by atoms with E-state index >= 15 is 0 Å². The first kappa shape index (κ1) is 27.8. The van der Waals surface area contributed by atoms with Crippen LogP contribution in [0.25, 0.3) is 17.2 Å². The van der Waals surface area contributed by atoms with Gasteiger partial charge in [0.2, 0.25) is 11.5 Å². The second-order valence-corrected chi connectivity index (χ2v) is 13.2. The summed E-state index contributed by atoms with van der Waals surface area (Å²) in [7, 11) is -8.24. The molecule has 0 unspecified atom stereocenters. The third kappa shape index (κ3) is 7.00. The van der Waals surface area contributed by atoms with E-state index in [2.05, 4.69) is 0 Å². The fraction of sp³-hybridized carbons (Fsp3) is 0.348. The third-order valence-corrected chi connectivity index (χ3v) is 8.75. The molecular weight excluding hydrogens is 561 g/mol. The van der Waals surface area contributed by atoms with Crippen LogP contribution in [0.5, 0.6) is 5.75 Å². The number of thioether (sulfide) groups is 2. The van der Waals surface area contributed by atoms with E-state index in [1.807, 2.05) is 58.4 Å². The highest BCUT2D eigenvalue weighted by molar-refractivity contribution is 7.98. The first-order valence-corrected chi connectivity index (χ1v) is 16.9. The van der Waals surface area contributed by atoms with Crippen molar-refractivity contribution in [2.24, 2.45) is 0 Å². The van der Waals surface area contributed by atoms with E-state index < -0.39 is 31.7 Å². The van der Waals surface area contributed by atoms with Crippen molar-refractivity contribution < 1.29 is 39.7 Å². The predicted molar refractivity (Wildman–Crippen MR) is 144 cm³/mol. The molecule has 0 amide bonds. The minimum atomic E-state index is -4.12. The van der Waals surface area contributed by atoms with E-state index in [0.717, 1.165) is 21.0 Å². The van der Waals surface area contributed by atoms with Crippen molar-refractivity contribution in [1.29, 1.82) is 0 Å². The Hall–Kier alpha value is -2.23. The standard InChI is InChI=1S/C23H26N2O8S4/c1-34-16-5-7-20-18(13-16)24(9-3-11-36(26,27)28)22(32-20)15-23-25(10-4-12-37(29,30)31)19-14-17(35-2)6-8-21(19)33-23/h5-8,13-15H,3-4,9-12H2,1-2H3,(H-,26,27,28,29,30,31)/p+1. The van der Waals surface area contributed by atoms with Gasteiger partial charge in [-0.25, -0.2) is 0 Å². The summed E-state index contributed by atoms with van der Waals surface area (Å²) in [4.78, 5) is 3.82. The Morgan fingerprint density at radius 2 is 1.59 bits per heavy atom. The lowest BCUT2D eigenvalue weighted by molar-refractivity contribution is -0.677. The third-order valence-electron chi connectivity index (χ3n) is 5.69. The quantitative estimate of drug-likeness (QED) is 0.192. The van der Waals surface area contributed by atoms with Crippen LogP contribution >= 0.6 is 23.5 Å². The first-order valence-electron chi connectivity index (χ1n) is 11.2. The first-order chi connectivity index (χ1) is 17.5. The maximum Gasteiger partial charge on any atom is 0.379 e. The Morgan fingerprint density at radius 1 is 0.946 bits per heavy atom. The van der Waals surface area contributed by atoms with Gasteiger partial charge in [-0.15, -0.1) is 23.5 Å². The summed E-state index contributed by atoms with van der Waals surface area (Å²) in [6.45, 7) is 0.520. The predicted octanol–water partition coefficient (Wildman–Crippen LogP) is 3.92. The average Bonchev–Trinajstić information content (AvgIpc) is 3.34. The fourth-order valence-corrected chi connectivity index (χ4v) is 5.86. The number of oxazole rings is 1. The Labute approximate surface area is 224 Å². The minimum absolute atomic E-state index is 0.161. The molecule has 1 aliphatic heterocycles. The molecule has 37 heavy (non-hydrogen) atoms. The number of benzene rings is 2. The molecule has 0 bridgehead atoms. The molecule has 3 aromatic rings. The lowest BCUT2D eigenvalue weighted by Gasteiger charge is -2.17. The number of fused-ring (bicyclic) bond motifs is 2. The van der Waals surface area contributed by atoms with Crippen molar-refractivity contribution in [3.63, 3.8) is 0 Å². The zero-order valence-corrected chi connectivity index (χ0v) is 23.4. The molecule has 1 aliphatic rings. The van der Waals surface area contributed by atoms with Gasteiger partial charge in [0.1, 0.15) is 6.08 Å². The molecule has 200 valence electrons. The number of aryl methyl sites for hydroxylation is 1. The Bertz CT molecular complexity index is 1550. The average molecular weight is 588 g/mol. The molecule has 2 aromatic carbocycles. The van der Waals surface area contributed by atoms with Crippen LogP contribution in [0.2, 0.25) is 0 Å². The smallest absolute Gasteiger partial charge is 0.379 e. The minimum Gasteiger partial charge on any atom is -0.438 e. The number of anilines is 1. The van der Waals surface area contributed by atoms with Gasteiger partial charge in [-0.2, -0.15) is 21.4 Å². The topological polar surface area (TPSA) is 138 Å². The van der Waals surface area contributed by atoms with Crippen molar-refractivity contribution in [3.8, 4) is 5.75 Å². The molecule has 14 heteroatoms. The van der Waals surface area contributed by atoms with Gasteiger partial charge in [0.05, 0.1) is 17.2 Å². The van der Waals surface area contributed by atoms with Gasteiger partial charge < -0.3 is 14.1 Å². The lowest BCUT2D eigenvalue weighted by Crippen LogP contribution is -2.36. The van der Waals surface area contributed by atoms with E-state index in [9.17, 15) is 25.9 Å². The maximum absolute atomic E-state index is 11.3. The van der Waals surface area contributed by atoms with E-state index in [1.165, 1.54) is 0 Å². The van der Waals surface area contributed by atoms with Crippen molar-refractivity contribution in [2.75, 3.05) is 35.5 Å². The summed E-state index contributed by atoms with van der Waals surface area (Å²) in [5, 5.41) is 0. The number of hydrogen-bond donors (Lipinski definition) is 2. The van der Waals surface area contributed by atoms with Crippen LogP contribution in [0.3, 0.4) is 0 Å². The van der Waals surface area contributed by atoms with Crippen molar-refractivity contribution in [1.82, 2.24) is 0 Å². The monoisotopic (exact) mass is 587 g/mol. The highest BCUT2D eigenvalue weighted by Crippen LogP contribution is 2.41. The maximum atomic E-state index is 11.3. The van der Waals surface area contributed by atoms with E-state index in [4.69, 9.17) is 9.15 Å². The van der Waals surface area contributed by atoms with Crippen LogP contribution in [0.15, 0.2) is 56.5 Å². The molecule has 1 aromatic heterocycles. The van der Waals surface area contributed by atoms with Crippen molar-refractivity contribution in [2.45, 2.75) is 29.2 Å². The molecule has 0 spiro atoms. The number of ether oxygens (including phenoxy) is 1. The second-order valence-electron chi connectivity index (χ2n) is 8.27. The van der Waals surface area contributed by atoms with Gasteiger partial charge in [0, 0.05) is 28.8 Å². The number of aromatic nitrogens is 1. The number of hydrogen-bond acceptors (Lipinski definition) is 9. The summed E-state index contributed by atoms with van der Waals surface area (Å²) in [6, 6.07) is 11.4. The highest BCUT2D eigenvalue weighted by Gasteiger charge is 2.30. The van der Waals surface area contributed by atoms with Crippen molar-refractivity contribution >= 4 is 66.6 Å². The summed E-state index contributed by atoms with van der Waals surface area (Å²) >= 11 is 3.12. The van der Waals surface area contributed by atoms with Crippen LogP contribution in [-0.2, 0) is 26.8 Å². The molecule has 0 aliphatic carbocycles. The van der Waals surface area contributed by atoms with Gasteiger partial charge in [-0.3, -0.25) is 9.11 Å². The summed E-state index contributed by atoms with van der Waals surface area (Å²) in [5.74, 6) is 0.597. The van der Waals surface area contributed by atoms with Gasteiger partial charge in [0.15, 0.2) is 12.3 Å². The highest BCUT2D eigenvalue weighted by atomic mass is 32.2. The molecule has 2 N–H and O–H groups in total. The second kappa shape index (κ2) is 11.3. The number of rotatable bonds is 11. The number of nitrogens with zero attached hydrogens (tertiary/aromatic N) is 2. The Balaban J connectivity index is 1.75. The van der Waals surface area contributed by atoms with E-state index in [1.54, 1.807) is 29.6 Å². The van der Waals surface area contributed by atoms with Crippen LogP contribution < -0.4 is 14.2 Å². The van der Waals surface area contributed by atoms with Gasteiger partial charge in [-0.05, 0) is 49.3 Å². The molecular formula is C23H27N2O8S4+. The van der Waals surface area contributed by atoms with Gasteiger partial charge in [0.25, 0.3) is 25.8 Å². The van der Waals surface area contributed by atoms with E-state index in [-0.39, 0.29) is 25.9 Å². The molecule has 0 fully saturated rings. The molecule has 0 saturated carbocycles. The van der Waals surface area contributed by atoms with Gasteiger partial charge in [-0.1, -0.05) is 0 Å². The van der Waals surface area contributed by atoms with Crippen LogP contribution in [-0.4, -0.2) is 56.5 Å². The Morgan fingerprint density at radius 3 is 2.27 bits per heavy atom. The van der Waals surface area contributed by atoms with Crippen LogP contribution in [0.4, 0.5) is 5.69 Å². The normalized spacial score (nSPS) is 14.9. The van der Waals surface area contributed by atoms with E-state index in [0.29, 0.717) is 23.1 Å². The molecule has 0 atom stereocenters. The molecule has 2 heterocycles. The zero-order chi connectivity index (χ0) is 26.8. The summed E-state index contributed by atoms with van der Waals surface area (Å²) in [6.07, 6.45) is 5.90. The van der Waals surface area contributed by atoms with Gasteiger partial charge >= 0.3 is 5.89 Å². The molecule has 0 saturated heterocycles. The zero-order valence-electron chi connectivity index (χ0n) is 20.2. The molecule has 10 nitrogen and oxygen atoms in total. The molecule has 0 radical (unpaired) electrons. The fourth-order valence-electron chi connectivity index (χ4n) is 4.01. The van der Waals surface area contributed by atoms with Crippen molar-refractivity contribution in [3.05, 3.63) is 48.2 Å². The van der Waals surface area contributed by atoms with Crippen LogP contribution in [0, 0.1) is 0 Å².